The van der Waals surface area contributed by atoms with Gasteiger partial charge >= 0.3 is 21.1 Å². The van der Waals surface area contributed by atoms with Crippen LogP contribution < -0.4 is 9.97 Å². The zero-order valence-corrected chi connectivity index (χ0v) is 34.5. The molecule has 5 heterocycles. The summed E-state index contributed by atoms with van der Waals surface area (Å²) in [6.07, 6.45) is 0. The molecule has 0 atom stereocenters. The summed E-state index contributed by atoms with van der Waals surface area (Å²) in [6.45, 7) is 0. The predicted octanol–water partition coefficient (Wildman–Crippen LogP) is 14.5. The van der Waals surface area contributed by atoms with E-state index in [-0.39, 0.29) is 21.1 Å². The second-order valence-electron chi connectivity index (χ2n) is 16.4. The summed E-state index contributed by atoms with van der Waals surface area (Å²) < 4.78 is 0. The van der Waals surface area contributed by atoms with Gasteiger partial charge in [-0.05, 0) is 123 Å². The minimum atomic E-state index is 0. The molecule has 15 aromatic rings. The smallest absolute Gasteiger partial charge is 0.657 e. The van der Waals surface area contributed by atoms with Gasteiger partial charge in [0.25, 0.3) is 0 Å². The first-order valence-corrected chi connectivity index (χ1v) is 20.6. The topological polar surface area (TPSA) is 54.0 Å². The fourth-order valence-electron chi connectivity index (χ4n) is 10.9. The summed E-state index contributed by atoms with van der Waals surface area (Å²) in [4.78, 5) is 21.9. The Morgan fingerprint density at radius 1 is 0.230 bits per heavy atom. The van der Waals surface area contributed by atoms with Crippen LogP contribution in [-0.4, -0.2) is 9.97 Å². The van der Waals surface area contributed by atoms with Crippen molar-refractivity contribution in [2.45, 2.75) is 0 Å². The molecule has 8 bridgehead atoms. The summed E-state index contributed by atoms with van der Waals surface area (Å²) in [5, 5.41) is 23.9. The first kappa shape index (κ1) is 33.4. The molecule has 0 unspecified atom stereocenters. The zero-order chi connectivity index (χ0) is 38.8. The molecule has 5 heteroatoms. The molecule has 0 fully saturated rings. The Morgan fingerprint density at radius 3 is 0.902 bits per heavy atom. The Balaban J connectivity index is 0.00000365. The normalized spacial score (nSPS) is 12.5. The summed E-state index contributed by atoms with van der Waals surface area (Å²) >= 11 is 0. The first-order valence-electron chi connectivity index (χ1n) is 20.6. The van der Waals surface area contributed by atoms with Crippen molar-refractivity contribution < 1.29 is 21.1 Å². The van der Waals surface area contributed by atoms with Crippen LogP contribution in [0.4, 0.5) is 0 Å². The third kappa shape index (κ3) is 4.32. The van der Waals surface area contributed by atoms with Crippen LogP contribution in [0.25, 0.3) is 152 Å². The van der Waals surface area contributed by atoms with Gasteiger partial charge in [-0.3, -0.25) is 0 Å². The summed E-state index contributed by atoms with van der Waals surface area (Å²) in [5.41, 5.74) is 7.19. The maximum Gasteiger partial charge on any atom is 2.00 e. The second kappa shape index (κ2) is 11.9. The summed E-state index contributed by atoms with van der Waals surface area (Å²) in [6, 6.07) is 61.6. The Labute approximate surface area is 360 Å². The van der Waals surface area contributed by atoms with Crippen LogP contribution in [0.5, 0.6) is 0 Å². The molecule has 0 spiro atoms. The molecular weight excluding hydrogens is 924 g/mol. The molecule has 15 rings (SSSR count). The Morgan fingerprint density at radius 2 is 0.525 bits per heavy atom. The number of aromatic nitrogens is 4. The minimum absolute atomic E-state index is 0. The van der Waals surface area contributed by atoms with Gasteiger partial charge in [-0.1, -0.05) is 133 Å². The van der Waals surface area contributed by atoms with Crippen LogP contribution in [0.3, 0.4) is 0 Å². The first-order chi connectivity index (χ1) is 29.7. The van der Waals surface area contributed by atoms with E-state index in [9.17, 15) is 0 Å². The van der Waals surface area contributed by atoms with Crippen LogP contribution >= 0.6 is 0 Å². The fraction of sp³-hybridized carbons (Fsp3) is 0. The van der Waals surface area contributed by atoms with E-state index in [0.29, 0.717) is 0 Å². The number of nitrogens with zero attached hydrogens (tertiary/aromatic N) is 4. The van der Waals surface area contributed by atoms with E-state index in [1.54, 1.807) is 0 Å². The monoisotopic (exact) mass is 951 g/mol. The van der Waals surface area contributed by atoms with E-state index in [0.717, 1.165) is 87.2 Å². The number of fused-ring (bicyclic) bond motifs is 28. The van der Waals surface area contributed by atoms with Gasteiger partial charge in [0.05, 0.1) is 22.1 Å². The Hall–Kier alpha value is -7.39. The molecule has 10 aromatic carbocycles. The van der Waals surface area contributed by atoms with Crippen LogP contribution in [0.1, 0.15) is 0 Å². The van der Waals surface area contributed by atoms with Crippen LogP contribution in [0, 0.1) is 0 Å². The molecular formula is C56H28N4Pt. The molecule has 0 aliphatic heterocycles. The van der Waals surface area contributed by atoms with E-state index in [1.807, 2.05) is 0 Å². The van der Waals surface area contributed by atoms with Crippen molar-refractivity contribution in [3.05, 3.63) is 170 Å². The largest absolute Gasteiger partial charge is 2.00 e. The van der Waals surface area contributed by atoms with Crippen molar-refractivity contribution >= 4 is 152 Å². The third-order valence-corrected chi connectivity index (χ3v) is 13.4. The number of hydrogen-bond acceptors (Lipinski definition) is 2. The van der Waals surface area contributed by atoms with Gasteiger partial charge in [0, 0.05) is 21.5 Å². The van der Waals surface area contributed by atoms with E-state index < -0.39 is 0 Å². The van der Waals surface area contributed by atoms with Gasteiger partial charge in [0.2, 0.25) is 0 Å². The molecule has 0 N–H and O–H groups in total. The van der Waals surface area contributed by atoms with Crippen molar-refractivity contribution in [1.29, 1.82) is 0 Å². The average molecular weight is 952 g/mol. The molecule has 0 radical (unpaired) electrons. The van der Waals surface area contributed by atoms with Gasteiger partial charge in [-0.15, -0.1) is 22.1 Å². The van der Waals surface area contributed by atoms with Crippen molar-refractivity contribution in [2.75, 3.05) is 0 Å². The van der Waals surface area contributed by atoms with Crippen molar-refractivity contribution in [1.82, 2.24) is 19.9 Å². The van der Waals surface area contributed by atoms with E-state index in [2.05, 4.69) is 170 Å². The Kier molecular flexibility index (Phi) is 6.51. The molecule has 0 aliphatic carbocycles. The number of hydrogen-bond donors (Lipinski definition) is 0. The van der Waals surface area contributed by atoms with Gasteiger partial charge in [0.15, 0.2) is 0 Å². The average Bonchev–Trinajstić information content (AvgIpc) is 4.13. The standard InChI is InChI=1S/C56H28N4.Pt/c1-3-13-31-29(11-1)37-19-9-21-39-53(37)41(31)23-43-49-25-45-33-15-5-8-18-36(33)48(57-45)28-52-56-40-22-10-20-38-30-12-2-4-14-32(30)42(54(38)40)24-44(56)50(60-52)26-46-34-16-6-7-17-35(34)47(58-46)27-51(59-49)55(39)43;/h1-28H;/q-2;+2. The maximum atomic E-state index is 5.51. The van der Waals surface area contributed by atoms with E-state index in [4.69, 9.17) is 19.9 Å². The van der Waals surface area contributed by atoms with Gasteiger partial charge < -0.3 is 9.97 Å². The fourth-order valence-corrected chi connectivity index (χ4v) is 10.9. The third-order valence-electron chi connectivity index (χ3n) is 13.4. The molecule has 0 amide bonds. The van der Waals surface area contributed by atoms with Crippen LogP contribution in [-0.2, 0) is 21.1 Å². The summed E-state index contributed by atoms with van der Waals surface area (Å²) in [5.74, 6) is 0. The van der Waals surface area contributed by atoms with Gasteiger partial charge in [0.1, 0.15) is 0 Å². The van der Waals surface area contributed by atoms with Crippen molar-refractivity contribution in [3.8, 4) is 0 Å². The molecule has 61 heavy (non-hydrogen) atoms. The predicted molar refractivity (Wildman–Crippen MR) is 254 cm³/mol. The van der Waals surface area contributed by atoms with E-state index in [1.165, 1.54) is 64.6 Å². The minimum Gasteiger partial charge on any atom is -0.657 e. The number of benzene rings is 8. The number of rotatable bonds is 0. The molecule has 5 aromatic heterocycles. The zero-order valence-electron chi connectivity index (χ0n) is 32.3. The molecule has 282 valence electrons. The van der Waals surface area contributed by atoms with Crippen LogP contribution in [0.2, 0.25) is 0 Å². The second-order valence-corrected chi connectivity index (χ2v) is 16.4. The Bertz CT molecular complexity index is 4190. The quantitative estimate of drug-likeness (QED) is 0.152. The van der Waals surface area contributed by atoms with Crippen LogP contribution in [0.15, 0.2) is 170 Å². The van der Waals surface area contributed by atoms with Crippen molar-refractivity contribution in [3.63, 3.8) is 0 Å². The SMILES string of the molecule is [Pt+2].c1ccc2c3cc4nc(cc5[n-]c(cc6nc(cc([n-]3)c2c1)c1cc2c3ccccc3c3cccc(c61)c32)c1ccccc51)c1cc2c3ccccc3c3cccc(c41)c32. The molecule has 0 saturated carbocycles. The molecule has 0 saturated heterocycles. The van der Waals surface area contributed by atoms with Crippen molar-refractivity contribution in [2.24, 2.45) is 0 Å². The van der Waals surface area contributed by atoms with Gasteiger partial charge in [-0.25, -0.2) is 9.97 Å². The van der Waals surface area contributed by atoms with Gasteiger partial charge in [-0.2, -0.15) is 0 Å². The molecule has 4 nitrogen and oxygen atoms in total. The van der Waals surface area contributed by atoms with E-state index >= 15 is 0 Å². The summed E-state index contributed by atoms with van der Waals surface area (Å²) in [7, 11) is 0. The maximum absolute atomic E-state index is 5.51. The molecule has 0 aliphatic rings.